The van der Waals surface area contributed by atoms with Gasteiger partial charge in [0.25, 0.3) is 0 Å². The van der Waals surface area contributed by atoms with Crippen LogP contribution in [0, 0.1) is 12.3 Å². The van der Waals surface area contributed by atoms with Gasteiger partial charge in [0.1, 0.15) is 0 Å². The van der Waals surface area contributed by atoms with Crippen LogP contribution in [0.2, 0.25) is 0 Å². The second kappa shape index (κ2) is 7.62. The lowest BCUT2D eigenvalue weighted by Crippen LogP contribution is -2.44. The van der Waals surface area contributed by atoms with Crippen LogP contribution in [0.1, 0.15) is 62.5 Å². The fourth-order valence-electron chi connectivity index (χ4n) is 3.56. The molecular weight excluding hydrogens is 290 g/mol. The van der Waals surface area contributed by atoms with Gasteiger partial charge in [-0.2, -0.15) is 0 Å². The van der Waals surface area contributed by atoms with E-state index in [1.807, 2.05) is 38.1 Å². The van der Waals surface area contributed by atoms with E-state index in [1.165, 1.54) is 11.1 Å². The number of carboxylic acid groups (broad SMARTS) is 1. The van der Waals surface area contributed by atoms with Crippen LogP contribution in [0.4, 0.5) is 0 Å². The van der Waals surface area contributed by atoms with E-state index in [-0.39, 0.29) is 18.4 Å². The van der Waals surface area contributed by atoms with Gasteiger partial charge in [-0.1, -0.05) is 50.5 Å². The van der Waals surface area contributed by atoms with Crippen molar-refractivity contribution in [1.82, 2.24) is 5.32 Å². The van der Waals surface area contributed by atoms with Crippen LogP contribution in [-0.2, 0) is 9.59 Å². The summed E-state index contributed by atoms with van der Waals surface area (Å²) < 4.78 is 0. The summed E-state index contributed by atoms with van der Waals surface area (Å²) >= 11 is 0. The first kappa shape index (κ1) is 17.5. The second-order valence-corrected chi connectivity index (χ2v) is 6.88. The van der Waals surface area contributed by atoms with Gasteiger partial charge >= 0.3 is 5.97 Å². The molecule has 1 unspecified atom stereocenters. The Balaban J connectivity index is 1.91. The van der Waals surface area contributed by atoms with Crippen molar-refractivity contribution >= 4 is 11.9 Å². The lowest BCUT2D eigenvalue weighted by atomic mass is 9.74. The minimum atomic E-state index is -0.774. The van der Waals surface area contributed by atoms with Crippen molar-refractivity contribution in [2.75, 3.05) is 6.54 Å². The van der Waals surface area contributed by atoms with Crippen LogP contribution in [0.5, 0.6) is 0 Å². The predicted molar refractivity (Wildman–Crippen MR) is 90.4 cm³/mol. The summed E-state index contributed by atoms with van der Waals surface area (Å²) in [6, 6.07) is 8.07. The van der Waals surface area contributed by atoms with E-state index in [2.05, 4.69) is 5.32 Å². The van der Waals surface area contributed by atoms with Crippen LogP contribution in [-0.4, -0.2) is 23.5 Å². The number of carbonyl (C=O) groups is 2. The van der Waals surface area contributed by atoms with Gasteiger partial charge in [0, 0.05) is 13.0 Å². The average molecular weight is 317 g/mol. The van der Waals surface area contributed by atoms with Crippen LogP contribution < -0.4 is 5.32 Å². The Kier molecular flexibility index (Phi) is 5.80. The van der Waals surface area contributed by atoms with Crippen molar-refractivity contribution in [3.8, 4) is 0 Å². The highest BCUT2D eigenvalue weighted by Crippen LogP contribution is 2.36. The number of benzene rings is 1. The highest BCUT2D eigenvalue weighted by molar-refractivity contribution is 5.79. The summed E-state index contributed by atoms with van der Waals surface area (Å²) in [6.07, 6.45) is 4.67. The van der Waals surface area contributed by atoms with Gasteiger partial charge in [-0.25, -0.2) is 0 Å². The van der Waals surface area contributed by atoms with E-state index < -0.39 is 11.4 Å². The third-order valence-corrected chi connectivity index (χ3v) is 5.10. The van der Waals surface area contributed by atoms with Gasteiger partial charge in [0.2, 0.25) is 5.91 Å². The fourth-order valence-corrected chi connectivity index (χ4v) is 3.56. The van der Waals surface area contributed by atoms with Crippen molar-refractivity contribution in [3.63, 3.8) is 0 Å². The summed E-state index contributed by atoms with van der Waals surface area (Å²) in [5.41, 5.74) is 1.59. The van der Waals surface area contributed by atoms with E-state index in [9.17, 15) is 14.7 Å². The van der Waals surface area contributed by atoms with E-state index in [0.717, 1.165) is 19.3 Å². The molecule has 1 aliphatic rings. The van der Waals surface area contributed by atoms with E-state index >= 15 is 0 Å². The quantitative estimate of drug-likeness (QED) is 0.842. The van der Waals surface area contributed by atoms with Gasteiger partial charge in [-0.3, -0.25) is 9.59 Å². The average Bonchev–Trinajstić information content (AvgIpc) is 2.54. The van der Waals surface area contributed by atoms with E-state index in [1.54, 1.807) is 0 Å². The molecule has 2 N–H and O–H groups in total. The number of hydrogen-bond donors (Lipinski definition) is 2. The maximum atomic E-state index is 12.2. The molecule has 4 heteroatoms. The van der Waals surface area contributed by atoms with Crippen molar-refractivity contribution in [2.24, 2.45) is 5.41 Å². The molecular formula is C19H27NO3. The van der Waals surface area contributed by atoms with Gasteiger partial charge in [0.05, 0.1) is 5.41 Å². The monoisotopic (exact) mass is 317 g/mol. The molecule has 0 radical (unpaired) electrons. The molecule has 1 fully saturated rings. The van der Waals surface area contributed by atoms with Crippen LogP contribution >= 0.6 is 0 Å². The first-order valence-corrected chi connectivity index (χ1v) is 8.50. The Labute approximate surface area is 138 Å². The topological polar surface area (TPSA) is 66.4 Å². The Hall–Kier alpha value is -1.84. The van der Waals surface area contributed by atoms with Gasteiger partial charge in [0.15, 0.2) is 0 Å². The van der Waals surface area contributed by atoms with Crippen LogP contribution in [0.25, 0.3) is 0 Å². The van der Waals surface area contributed by atoms with Crippen molar-refractivity contribution in [1.29, 1.82) is 0 Å². The lowest BCUT2D eigenvalue weighted by Gasteiger charge is -2.33. The van der Waals surface area contributed by atoms with Crippen LogP contribution in [0.15, 0.2) is 24.3 Å². The SMILES string of the molecule is Cc1ccccc1C(C)CC(=O)NCC1(C(=O)O)CCCCC1. The third-order valence-electron chi connectivity index (χ3n) is 5.10. The Morgan fingerprint density at radius 1 is 1.22 bits per heavy atom. The largest absolute Gasteiger partial charge is 0.481 e. The predicted octanol–water partition coefficient (Wildman–Crippen LogP) is 3.64. The molecule has 1 saturated carbocycles. The van der Waals surface area contributed by atoms with Gasteiger partial charge in [-0.15, -0.1) is 0 Å². The molecule has 1 aliphatic carbocycles. The number of aliphatic carboxylic acids is 1. The number of rotatable bonds is 6. The summed E-state index contributed by atoms with van der Waals surface area (Å²) in [7, 11) is 0. The Morgan fingerprint density at radius 2 is 1.87 bits per heavy atom. The fraction of sp³-hybridized carbons (Fsp3) is 0.579. The smallest absolute Gasteiger partial charge is 0.311 e. The lowest BCUT2D eigenvalue weighted by molar-refractivity contribution is -0.151. The minimum absolute atomic E-state index is 0.0630. The second-order valence-electron chi connectivity index (χ2n) is 6.88. The first-order chi connectivity index (χ1) is 10.9. The molecule has 0 aliphatic heterocycles. The zero-order valence-electron chi connectivity index (χ0n) is 14.1. The number of carbonyl (C=O) groups excluding carboxylic acids is 1. The summed E-state index contributed by atoms with van der Waals surface area (Å²) in [5.74, 6) is -0.709. The number of nitrogens with one attached hydrogen (secondary N) is 1. The molecule has 1 atom stereocenters. The van der Waals surface area contributed by atoms with Gasteiger partial charge < -0.3 is 10.4 Å². The number of carboxylic acids is 1. The van der Waals surface area contributed by atoms with Gasteiger partial charge in [-0.05, 0) is 36.8 Å². The first-order valence-electron chi connectivity index (χ1n) is 8.50. The van der Waals surface area contributed by atoms with E-state index in [0.29, 0.717) is 19.3 Å². The molecule has 0 heterocycles. The van der Waals surface area contributed by atoms with Crippen molar-refractivity contribution in [3.05, 3.63) is 35.4 Å². The third kappa shape index (κ3) is 4.34. The zero-order valence-corrected chi connectivity index (χ0v) is 14.1. The normalized spacial score (nSPS) is 18.2. The molecule has 1 amide bonds. The highest BCUT2D eigenvalue weighted by Gasteiger charge is 2.39. The number of aryl methyl sites for hydroxylation is 1. The van der Waals surface area contributed by atoms with E-state index in [4.69, 9.17) is 0 Å². The molecule has 0 bridgehead atoms. The minimum Gasteiger partial charge on any atom is -0.481 e. The molecule has 0 aromatic heterocycles. The zero-order chi connectivity index (χ0) is 16.9. The highest BCUT2D eigenvalue weighted by atomic mass is 16.4. The Bertz CT molecular complexity index is 561. The summed E-state index contributed by atoms with van der Waals surface area (Å²) in [4.78, 5) is 23.9. The molecule has 4 nitrogen and oxygen atoms in total. The number of hydrogen-bond acceptors (Lipinski definition) is 2. The molecule has 1 aromatic rings. The Morgan fingerprint density at radius 3 is 2.48 bits per heavy atom. The molecule has 23 heavy (non-hydrogen) atoms. The maximum Gasteiger partial charge on any atom is 0.311 e. The van der Waals surface area contributed by atoms with Crippen LogP contribution in [0.3, 0.4) is 0 Å². The summed E-state index contributed by atoms with van der Waals surface area (Å²) in [5, 5.41) is 12.4. The summed E-state index contributed by atoms with van der Waals surface area (Å²) in [6.45, 7) is 4.34. The van der Waals surface area contributed by atoms with Crippen molar-refractivity contribution in [2.45, 2.75) is 58.3 Å². The number of amides is 1. The molecule has 0 saturated heterocycles. The standard InChI is InChI=1S/C19H27NO3/c1-14-8-4-5-9-16(14)15(2)12-17(21)20-13-19(18(22)23)10-6-3-7-11-19/h4-5,8-9,15H,3,6-7,10-13H2,1-2H3,(H,20,21)(H,22,23). The molecule has 1 aromatic carbocycles. The maximum absolute atomic E-state index is 12.2. The molecule has 0 spiro atoms. The van der Waals surface area contributed by atoms with Crippen molar-refractivity contribution < 1.29 is 14.7 Å². The molecule has 2 rings (SSSR count). The molecule has 126 valence electrons.